The summed E-state index contributed by atoms with van der Waals surface area (Å²) in [6.45, 7) is 2.17. The molecule has 0 spiro atoms. The topological polar surface area (TPSA) is 46.2 Å². The van der Waals surface area contributed by atoms with Gasteiger partial charge in [-0.15, -0.1) is 0 Å². The average Bonchev–Trinajstić information content (AvgIpc) is 2.39. The Labute approximate surface area is 96.4 Å². The van der Waals surface area contributed by atoms with Gasteiger partial charge in [0.1, 0.15) is 11.6 Å². The molecule has 0 amide bonds. The highest BCUT2D eigenvalue weighted by Crippen LogP contribution is 2.33. The van der Waals surface area contributed by atoms with Gasteiger partial charge in [0.05, 0.1) is 7.11 Å². The van der Waals surface area contributed by atoms with Crippen molar-refractivity contribution in [3.63, 3.8) is 0 Å². The monoisotopic (exact) mass is 221 g/mol. The summed E-state index contributed by atoms with van der Waals surface area (Å²) in [5.74, 6) is 2.38. The van der Waals surface area contributed by atoms with Crippen LogP contribution in [0.5, 0.6) is 5.75 Å². The van der Waals surface area contributed by atoms with Gasteiger partial charge in [0.25, 0.3) is 0 Å². The summed E-state index contributed by atoms with van der Waals surface area (Å²) in [6.07, 6.45) is 4.27. The van der Waals surface area contributed by atoms with Crippen molar-refractivity contribution in [1.29, 1.82) is 0 Å². The number of nitrogens with one attached hydrogen (secondary N) is 2. The number of nitrogens with zero attached hydrogens (tertiary/aromatic N) is 1. The molecule has 1 aliphatic rings. The summed E-state index contributed by atoms with van der Waals surface area (Å²) < 4.78 is 5.44. The van der Waals surface area contributed by atoms with Gasteiger partial charge < -0.3 is 15.4 Å². The van der Waals surface area contributed by atoms with Gasteiger partial charge in [-0.25, -0.2) is 4.98 Å². The first kappa shape index (κ1) is 11.2. The predicted molar refractivity (Wildman–Crippen MR) is 65.2 cm³/mol. The maximum absolute atomic E-state index is 5.44. The molecule has 1 fully saturated rings. The highest BCUT2D eigenvalue weighted by atomic mass is 16.5. The predicted octanol–water partition coefficient (Wildman–Crippen LogP) is 1.60. The zero-order chi connectivity index (χ0) is 11.4. The lowest BCUT2D eigenvalue weighted by atomic mass is 9.91. The fourth-order valence-electron chi connectivity index (χ4n) is 2.20. The van der Waals surface area contributed by atoms with Gasteiger partial charge in [-0.3, -0.25) is 0 Å². The minimum absolute atomic E-state index is 0.578. The van der Waals surface area contributed by atoms with E-state index in [9.17, 15) is 0 Å². The molecule has 0 unspecified atom stereocenters. The zero-order valence-electron chi connectivity index (χ0n) is 9.92. The van der Waals surface area contributed by atoms with Gasteiger partial charge in [0, 0.05) is 24.9 Å². The maximum Gasteiger partial charge on any atom is 0.129 e. The second-order valence-electron chi connectivity index (χ2n) is 4.09. The second kappa shape index (κ2) is 5.16. The SMILES string of the molecule is CNc1cc(OC)c(C2CCNCC2)cn1. The lowest BCUT2D eigenvalue weighted by molar-refractivity contribution is 0.391. The number of piperidine rings is 1. The third-order valence-electron chi connectivity index (χ3n) is 3.15. The lowest BCUT2D eigenvalue weighted by Gasteiger charge is -2.24. The third kappa shape index (κ3) is 2.27. The van der Waals surface area contributed by atoms with Crippen molar-refractivity contribution < 1.29 is 4.74 Å². The van der Waals surface area contributed by atoms with Gasteiger partial charge in [0.15, 0.2) is 0 Å². The van der Waals surface area contributed by atoms with Crippen LogP contribution in [0, 0.1) is 0 Å². The maximum atomic E-state index is 5.44. The Morgan fingerprint density at radius 3 is 2.81 bits per heavy atom. The van der Waals surface area contributed by atoms with Crippen molar-refractivity contribution in [2.24, 2.45) is 0 Å². The first-order chi connectivity index (χ1) is 7.85. The molecule has 1 aliphatic heterocycles. The van der Waals surface area contributed by atoms with Crippen LogP contribution in [-0.2, 0) is 0 Å². The van der Waals surface area contributed by atoms with Crippen molar-refractivity contribution in [1.82, 2.24) is 10.3 Å². The molecule has 0 aliphatic carbocycles. The summed E-state index contributed by atoms with van der Waals surface area (Å²) in [5, 5.41) is 6.40. The Kier molecular flexibility index (Phi) is 3.62. The molecule has 0 radical (unpaired) electrons. The Bertz CT molecular complexity index is 348. The number of ether oxygens (including phenoxy) is 1. The molecule has 88 valence electrons. The fourth-order valence-corrected chi connectivity index (χ4v) is 2.20. The van der Waals surface area contributed by atoms with Crippen molar-refractivity contribution in [2.45, 2.75) is 18.8 Å². The van der Waals surface area contributed by atoms with Crippen LogP contribution in [-0.4, -0.2) is 32.2 Å². The number of aromatic nitrogens is 1. The molecule has 4 heteroatoms. The first-order valence-corrected chi connectivity index (χ1v) is 5.77. The van der Waals surface area contributed by atoms with Crippen LogP contribution in [0.25, 0.3) is 0 Å². The van der Waals surface area contributed by atoms with E-state index >= 15 is 0 Å². The van der Waals surface area contributed by atoms with Crippen molar-refractivity contribution in [3.8, 4) is 5.75 Å². The molecule has 2 N–H and O–H groups in total. The molecule has 2 heterocycles. The summed E-state index contributed by atoms with van der Waals surface area (Å²) in [6, 6.07) is 1.97. The van der Waals surface area contributed by atoms with Gasteiger partial charge in [-0.05, 0) is 31.8 Å². The van der Waals surface area contributed by atoms with Gasteiger partial charge in [0.2, 0.25) is 0 Å². The second-order valence-corrected chi connectivity index (χ2v) is 4.09. The van der Waals surface area contributed by atoms with E-state index in [1.165, 1.54) is 5.56 Å². The highest BCUT2D eigenvalue weighted by Gasteiger charge is 2.19. The number of methoxy groups -OCH3 is 1. The van der Waals surface area contributed by atoms with Crippen LogP contribution in [0.2, 0.25) is 0 Å². The van der Waals surface area contributed by atoms with Gasteiger partial charge >= 0.3 is 0 Å². The van der Waals surface area contributed by atoms with E-state index in [1.807, 2.05) is 19.3 Å². The van der Waals surface area contributed by atoms with Crippen LogP contribution in [0.3, 0.4) is 0 Å². The molecule has 0 saturated carbocycles. The number of hydrogen-bond acceptors (Lipinski definition) is 4. The standard InChI is InChI=1S/C12H19N3O/c1-13-12-7-11(16-2)10(8-15-12)9-3-5-14-6-4-9/h7-9,14H,3-6H2,1-2H3,(H,13,15). The van der Waals surface area contributed by atoms with Crippen LogP contribution >= 0.6 is 0 Å². The highest BCUT2D eigenvalue weighted by molar-refractivity contribution is 5.46. The minimum atomic E-state index is 0.578. The number of hydrogen-bond donors (Lipinski definition) is 2. The number of anilines is 1. The number of pyridine rings is 1. The Morgan fingerprint density at radius 1 is 1.44 bits per heavy atom. The quantitative estimate of drug-likeness (QED) is 0.814. The van der Waals surface area contributed by atoms with Crippen LogP contribution in [0.15, 0.2) is 12.3 Å². The zero-order valence-corrected chi connectivity index (χ0v) is 9.92. The summed E-state index contributed by atoms with van der Waals surface area (Å²) in [5.41, 5.74) is 1.24. The smallest absolute Gasteiger partial charge is 0.129 e. The summed E-state index contributed by atoms with van der Waals surface area (Å²) >= 11 is 0. The van der Waals surface area contributed by atoms with Crippen LogP contribution < -0.4 is 15.4 Å². The molecule has 1 aromatic heterocycles. The van der Waals surface area contributed by atoms with Crippen LogP contribution in [0.1, 0.15) is 24.3 Å². The molecular formula is C12H19N3O. The van der Waals surface area contributed by atoms with E-state index in [-0.39, 0.29) is 0 Å². The molecular weight excluding hydrogens is 202 g/mol. The minimum Gasteiger partial charge on any atom is -0.496 e. The summed E-state index contributed by atoms with van der Waals surface area (Å²) in [4.78, 5) is 4.37. The van der Waals surface area contributed by atoms with Crippen molar-refractivity contribution in [2.75, 3.05) is 32.6 Å². The molecule has 0 atom stereocenters. The molecule has 0 aromatic carbocycles. The summed E-state index contributed by atoms with van der Waals surface area (Å²) in [7, 11) is 3.59. The molecule has 16 heavy (non-hydrogen) atoms. The van der Waals surface area contributed by atoms with E-state index in [2.05, 4.69) is 15.6 Å². The Morgan fingerprint density at radius 2 is 2.19 bits per heavy atom. The largest absolute Gasteiger partial charge is 0.496 e. The van der Waals surface area contributed by atoms with E-state index < -0.39 is 0 Å². The fraction of sp³-hybridized carbons (Fsp3) is 0.583. The normalized spacial score (nSPS) is 17.1. The third-order valence-corrected chi connectivity index (χ3v) is 3.15. The average molecular weight is 221 g/mol. The first-order valence-electron chi connectivity index (χ1n) is 5.77. The van der Waals surface area contributed by atoms with Crippen molar-refractivity contribution in [3.05, 3.63) is 17.8 Å². The van der Waals surface area contributed by atoms with E-state index in [0.29, 0.717) is 5.92 Å². The molecule has 4 nitrogen and oxygen atoms in total. The lowest BCUT2D eigenvalue weighted by Crippen LogP contribution is -2.26. The van der Waals surface area contributed by atoms with Crippen LogP contribution in [0.4, 0.5) is 5.82 Å². The van der Waals surface area contributed by atoms with Crippen molar-refractivity contribution >= 4 is 5.82 Å². The Balaban J connectivity index is 2.24. The van der Waals surface area contributed by atoms with E-state index in [0.717, 1.165) is 37.5 Å². The number of rotatable bonds is 3. The molecule has 1 aromatic rings. The van der Waals surface area contributed by atoms with Gasteiger partial charge in [-0.2, -0.15) is 0 Å². The molecule has 1 saturated heterocycles. The molecule has 2 rings (SSSR count). The van der Waals surface area contributed by atoms with E-state index in [4.69, 9.17) is 4.74 Å². The Hall–Kier alpha value is -1.29. The van der Waals surface area contributed by atoms with Gasteiger partial charge in [-0.1, -0.05) is 0 Å². The molecule has 0 bridgehead atoms. The van der Waals surface area contributed by atoms with E-state index in [1.54, 1.807) is 7.11 Å².